The van der Waals surface area contributed by atoms with Crippen molar-refractivity contribution in [3.05, 3.63) is 24.3 Å². The van der Waals surface area contributed by atoms with Crippen LogP contribution in [-0.2, 0) is 0 Å². The Hall–Kier alpha value is -0.520. The molecule has 0 amide bonds. The Balaban J connectivity index is 2.19. The first kappa shape index (κ1) is 6.21. The number of rotatable bonds is 1. The average molecular weight is 134 g/mol. The van der Waals surface area contributed by atoms with Crippen LogP contribution in [0.25, 0.3) is 0 Å². The second kappa shape index (κ2) is 2.26. The van der Waals surface area contributed by atoms with Crippen LogP contribution in [-0.4, -0.2) is 0 Å². The third-order valence-electron chi connectivity index (χ3n) is 2.78. The molecule has 0 radical (unpaired) electrons. The molecule has 0 saturated heterocycles. The van der Waals surface area contributed by atoms with E-state index in [0.29, 0.717) is 0 Å². The predicted molar refractivity (Wildman–Crippen MR) is 43.7 cm³/mol. The molecule has 3 unspecified atom stereocenters. The number of allylic oxidation sites excluding steroid dienone is 4. The highest BCUT2D eigenvalue weighted by Gasteiger charge is 2.26. The smallest absolute Gasteiger partial charge is 0.00475 e. The summed E-state index contributed by atoms with van der Waals surface area (Å²) in [5.41, 5.74) is 0. The van der Waals surface area contributed by atoms with Crippen LogP contribution in [0.3, 0.4) is 0 Å². The van der Waals surface area contributed by atoms with E-state index in [1.807, 2.05) is 0 Å². The van der Waals surface area contributed by atoms with Gasteiger partial charge >= 0.3 is 0 Å². The van der Waals surface area contributed by atoms with Crippen LogP contribution in [0.5, 0.6) is 0 Å². The highest BCUT2D eigenvalue weighted by Crippen LogP contribution is 2.36. The van der Waals surface area contributed by atoms with Gasteiger partial charge in [-0.3, -0.25) is 0 Å². The van der Waals surface area contributed by atoms with Gasteiger partial charge in [-0.2, -0.15) is 0 Å². The van der Waals surface area contributed by atoms with Crippen molar-refractivity contribution in [2.24, 2.45) is 17.8 Å². The highest BCUT2D eigenvalue weighted by atomic mass is 14.3. The van der Waals surface area contributed by atoms with E-state index in [1.54, 1.807) is 0 Å². The van der Waals surface area contributed by atoms with Crippen molar-refractivity contribution in [3.63, 3.8) is 0 Å². The second-order valence-electron chi connectivity index (χ2n) is 3.41. The van der Waals surface area contributed by atoms with Crippen molar-refractivity contribution in [1.29, 1.82) is 0 Å². The Kier molecular flexibility index (Phi) is 1.40. The van der Waals surface area contributed by atoms with Gasteiger partial charge in [-0.15, -0.1) is 0 Å². The molecule has 0 aromatic carbocycles. The fourth-order valence-electron chi connectivity index (χ4n) is 2.08. The largest absolute Gasteiger partial charge is 0.0843 e. The normalized spacial score (nSPS) is 42.7. The minimum atomic E-state index is 0.785. The highest BCUT2D eigenvalue weighted by molar-refractivity contribution is 5.17. The molecule has 0 spiro atoms. The molecule has 10 heavy (non-hydrogen) atoms. The van der Waals surface area contributed by atoms with Gasteiger partial charge in [-0.05, 0) is 30.6 Å². The van der Waals surface area contributed by atoms with Gasteiger partial charge in [0.25, 0.3) is 0 Å². The van der Waals surface area contributed by atoms with Crippen molar-refractivity contribution in [2.75, 3.05) is 0 Å². The maximum Gasteiger partial charge on any atom is -0.00475 e. The van der Waals surface area contributed by atoms with Crippen molar-refractivity contribution < 1.29 is 0 Å². The summed E-state index contributed by atoms with van der Waals surface area (Å²) in [4.78, 5) is 0. The molecule has 2 aliphatic rings. The van der Waals surface area contributed by atoms with Crippen molar-refractivity contribution in [1.82, 2.24) is 0 Å². The number of hydrogen-bond donors (Lipinski definition) is 0. The summed E-state index contributed by atoms with van der Waals surface area (Å²) >= 11 is 0. The van der Waals surface area contributed by atoms with E-state index >= 15 is 0 Å². The molecule has 0 heteroatoms. The van der Waals surface area contributed by atoms with Gasteiger partial charge in [-0.25, -0.2) is 0 Å². The Labute approximate surface area is 62.6 Å². The Morgan fingerprint density at radius 2 is 2.00 bits per heavy atom. The van der Waals surface area contributed by atoms with Crippen LogP contribution in [0, 0.1) is 17.8 Å². The molecule has 0 fully saturated rings. The third-order valence-corrected chi connectivity index (χ3v) is 2.78. The molecule has 2 aliphatic carbocycles. The topological polar surface area (TPSA) is 0 Å². The zero-order valence-electron chi connectivity index (χ0n) is 6.46. The van der Waals surface area contributed by atoms with Gasteiger partial charge in [0.15, 0.2) is 0 Å². The maximum absolute atomic E-state index is 2.40. The van der Waals surface area contributed by atoms with Crippen LogP contribution in [0.2, 0.25) is 0 Å². The van der Waals surface area contributed by atoms with E-state index in [0.717, 1.165) is 17.8 Å². The van der Waals surface area contributed by atoms with Crippen LogP contribution in [0.4, 0.5) is 0 Å². The summed E-state index contributed by atoms with van der Waals surface area (Å²) in [6.45, 7) is 2.28. The van der Waals surface area contributed by atoms with Gasteiger partial charge < -0.3 is 0 Å². The van der Waals surface area contributed by atoms with Gasteiger partial charge in [0, 0.05) is 0 Å². The zero-order chi connectivity index (χ0) is 6.97. The van der Waals surface area contributed by atoms with Gasteiger partial charge in [-0.1, -0.05) is 31.2 Å². The summed E-state index contributed by atoms with van der Waals surface area (Å²) in [7, 11) is 0. The first-order valence-corrected chi connectivity index (χ1v) is 4.27. The minimum Gasteiger partial charge on any atom is -0.0843 e. The summed E-state index contributed by atoms with van der Waals surface area (Å²) in [5.74, 6) is 2.50. The van der Waals surface area contributed by atoms with Crippen LogP contribution in [0.1, 0.15) is 19.8 Å². The molecule has 0 saturated carbocycles. The fourth-order valence-corrected chi connectivity index (χ4v) is 2.08. The van der Waals surface area contributed by atoms with Crippen molar-refractivity contribution >= 4 is 0 Å². The standard InChI is InChI=1S/C10H14/c1-2-9-5-3-8-4-6-10(9)7-8/h3-6,8-10H,2,7H2,1H3. The lowest BCUT2D eigenvalue weighted by molar-refractivity contribution is 0.413. The van der Waals surface area contributed by atoms with Crippen LogP contribution in [0.15, 0.2) is 24.3 Å². The van der Waals surface area contributed by atoms with Crippen LogP contribution >= 0.6 is 0 Å². The average Bonchev–Trinajstić information content (AvgIpc) is 2.34. The Morgan fingerprint density at radius 1 is 1.20 bits per heavy atom. The summed E-state index contributed by atoms with van der Waals surface area (Å²) < 4.78 is 0. The van der Waals surface area contributed by atoms with Gasteiger partial charge in [0.1, 0.15) is 0 Å². The molecule has 0 N–H and O–H groups in total. The molecule has 0 aromatic rings. The van der Waals surface area contributed by atoms with E-state index in [9.17, 15) is 0 Å². The molecule has 0 nitrogen and oxygen atoms in total. The zero-order valence-corrected chi connectivity index (χ0v) is 6.46. The van der Waals surface area contributed by atoms with E-state index in [4.69, 9.17) is 0 Å². The summed E-state index contributed by atoms with van der Waals surface area (Å²) in [6.07, 6.45) is 12.2. The molecular weight excluding hydrogens is 120 g/mol. The SMILES string of the molecule is CCC1C=CC2C=CC1C2. The lowest BCUT2D eigenvalue weighted by atomic mass is 9.83. The molecule has 3 atom stereocenters. The molecule has 0 aliphatic heterocycles. The van der Waals surface area contributed by atoms with E-state index in [2.05, 4.69) is 31.2 Å². The Bertz CT molecular complexity index is 176. The number of fused-ring (bicyclic) bond motifs is 2. The molecule has 2 bridgehead atoms. The predicted octanol–water partition coefficient (Wildman–Crippen LogP) is 2.77. The van der Waals surface area contributed by atoms with Crippen molar-refractivity contribution in [3.8, 4) is 0 Å². The fraction of sp³-hybridized carbons (Fsp3) is 0.600. The van der Waals surface area contributed by atoms with Gasteiger partial charge in [0.05, 0.1) is 0 Å². The van der Waals surface area contributed by atoms with Gasteiger partial charge in [0.2, 0.25) is 0 Å². The monoisotopic (exact) mass is 134 g/mol. The molecule has 54 valence electrons. The van der Waals surface area contributed by atoms with E-state index in [-0.39, 0.29) is 0 Å². The molecular formula is C10H14. The molecule has 2 rings (SSSR count). The molecule has 0 aromatic heterocycles. The maximum atomic E-state index is 2.40. The van der Waals surface area contributed by atoms with Crippen molar-refractivity contribution in [2.45, 2.75) is 19.8 Å². The Morgan fingerprint density at radius 3 is 2.80 bits per heavy atom. The third kappa shape index (κ3) is 0.828. The van der Waals surface area contributed by atoms with Crippen LogP contribution < -0.4 is 0 Å². The molecule has 0 heterocycles. The minimum absolute atomic E-state index is 0.785. The summed E-state index contributed by atoms with van der Waals surface area (Å²) in [5, 5.41) is 0. The lowest BCUT2D eigenvalue weighted by Crippen LogP contribution is -2.12. The first-order chi connectivity index (χ1) is 4.90. The first-order valence-electron chi connectivity index (χ1n) is 4.27. The van der Waals surface area contributed by atoms with E-state index < -0.39 is 0 Å². The quantitative estimate of drug-likeness (QED) is 0.484. The number of hydrogen-bond acceptors (Lipinski definition) is 0. The summed E-state index contributed by atoms with van der Waals surface area (Å²) in [6, 6.07) is 0. The second-order valence-corrected chi connectivity index (χ2v) is 3.41. The van der Waals surface area contributed by atoms with E-state index in [1.165, 1.54) is 12.8 Å². The lowest BCUT2D eigenvalue weighted by Gasteiger charge is -2.22.